The molecule has 4 N–H and O–H groups in total. The lowest BCUT2D eigenvalue weighted by Crippen LogP contribution is -2.22. The molecule has 0 aliphatic carbocycles. The zero-order valence-electron chi connectivity index (χ0n) is 17.4. The smallest absolute Gasteiger partial charge is 0.245 e. The number of hydrogen-bond donors (Lipinski definition) is 3. The first kappa shape index (κ1) is 20.9. The van der Waals surface area contributed by atoms with Crippen molar-refractivity contribution in [1.29, 1.82) is 0 Å². The molecule has 9 heteroatoms. The number of fused-ring (bicyclic) bond motifs is 3. The third-order valence-electron chi connectivity index (χ3n) is 5.24. The van der Waals surface area contributed by atoms with Crippen molar-refractivity contribution in [3.8, 4) is 16.8 Å². The number of nitrogens with zero attached hydrogens (tertiary/aromatic N) is 4. The van der Waals surface area contributed by atoms with Crippen molar-refractivity contribution in [3.05, 3.63) is 63.0 Å². The molecule has 4 rings (SSSR count). The number of carbonyl (C=O) groups excluding carboxylic acids is 1. The molecule has 0 unspecified atom stereocenters. The van der Waals surface area contributed by atoms with Gasteiger partial charge in [0.25, 0.3) is 0 Å². The molecule has 0 spiro atoms. The summed E-state index contributed by atoms with van der Waals surface area (Å²) in [6.45, 7) is 6.33. The van der Waals surface area contributed by atoms with Gasteiger partial charge in [-0.1, -0.05) is 24.0 Å². The van der Waals surface area contributed by atoms with Gasteiger partial charge >= 0.3 is 0 Å². The molecule has 0 fully saturated rings. The maximum atomic E-state index is 12.0. The normalized spacial score (nSPS) is 14.6. The Bertz CT molecular complexity index is 1240. The number of amides is 1. The predicted molar refractivity (Wildman–Crippen MR) is 119 cm³/mol. The second kappa shape index (κ2) is 8.43. The lowest BCUT2D eigenvalue weighted by Gasteiger charge is -2.11. The molecule has 158 valence electrons. The minimum atomic E-state index is -0.598. The summed E-state index contributed by atoms with van der Waals surface area (Å²) in [7, 11) is 0. The molecule has 3 heterocycles. The summed E-state index contributed by atoms with van der Waals surface area (Å²) in [5.41, 5.74) is 11.8. The topological polar surface area (TPSA) is 118 Å². The van der Waals surface area contributed by atoms with E-state index in [4.69, 9.17) is 15.9 Å². The van der Waals surface area contributed by atoms with E-state index in [1.165, 1.54) is 4.88 Å². The van der Waals surface area contributed by atoms with E-state index in [1.54, 1.807) is 16.8 Å². The number of benzene rings is 1. The molecule has 31 heavy (non-hydrogen) atoms. The Labute approximate surface area is 183 Å². The minimum Gasteiger partial charge on any atom is -0.320 e. The third-order valence-corrected chi connectivity index (χ3v) is 6.43. The van der Waals surface area contributed by atoms with Gasteiger partial charge in [0.15, 0.2) is 5.82 Å². The van der Waals surface area contributed by atoms with Gasteiger partial charge in [0.05, 0.1) is 18.7 Å². The maximum Gasteiger partial charge on any atom is 0.245 e. The zero-order valence-corrected chi connectivity index (χ0v) is 18.2. The molecule has 0 radical (unpaired) electrons. The van der Waals surface area contributed by atoms with Gasteiger partial charge in [0.1, 0.15) is 16.9 Å². The van der Waals surface area contributed by atoms with Crippen molar-refractivity contribution < 1.29 is 10.0 Å². The van der Waals surface area contributed by atoms with Crippen molar-refractivity contribution in [3.63, 3.8) is 0 Å². The number of nitrogens with one attached hydrogen (secondary N) is 1. The highest BCUT2D eigenvalue weighted by Gasteiger charge is 2.32. The van der Waals surface area contributed by atoms with E-state index in [1.807, 2.05) is 35.8 Å². The first-order valence-corrected chi connectivity index (χ1v) is 10.6. The number of aryl methyl sites for hydroxylation is 2. The average Bonchev–Trinajstić information content (AvgIpc) is 3.24. The molecule has 3 aromatic rings. The SMILES string of the molecule is Cc1sc2c(c1C)C(c1ccc(C#CCN)cc1)=N[C@@H](CC(=O)NO)c1nnc(C)n1-2. The first-order valence-electron chi connectivity index (χ1n) is 9.77. The number of hydrogen-bond acceptors (Lipinski definition) is 7. The predicted octanol–water partition coefficient (Wildman–Crippen LogP) is 2.35. The van der Waals surface area contributed by atoms with E-state index >= 15 is 0 Å². The van der Waals surface area contributed by atoms with Gasteiger partial charge in [-0.2, -0.15) is 0 Å². The highest BCUT2D eigenvalue weighted by molar-refractivity contribution is 7.15. The van der Waals surface area contributed by atoms with Gasteiger partial charge in [-0.05, 0) is 38.5 Å². The zero-order chi connectivity index (χ0) is 22.1. The van der Waals surface area contributed by atoms with Crippen molar-refractivity contribution >= 4 is 23.0 Å². The Hall–Kier alpha value is -3.32. The first-order chi connectivity index (χ1) is 14.9. The van der Waals surface area contributed by atoms with E-state index in [-0.39, 0.29) is 6.42 Å². The lowest BCUT2D eigenvalue weighted by molar-refractivity contribution is -0.129. The van der Waals surface area contributed by atoms with Crippen molar-refractivity contribution in [2.24, 2.45) is 10.7 Å². The fraction of sp³-hybridized carbons (Fsp3) is 0.273. The fourth-order valence-corrected chi connectivity index (χ4v) is 4.82. The number of hydroxylamine groups is 1. The third kappa shape index (κ3) is 3.77. The summed E-state index contributed by atoms with van der Waals surface area (Å²) < 4.78 is 1.97. The molecule has 0 saturated carbocycles. The van der Waals surface area contributed by atoms with E-state index in [9.17, 15) is 4.79 Å². The highest BCUT2D eigenvalue weighted by atomic mass is 32.1. The van der Waals surface area contributed by atoms with Crippen LogP contribution in [0, 0.1) is 32.6 Å². The van der Waals surface area contributed by atoms with Crippen molar-refractivity contribution in [2.75, 3.05) is 6.54 Å². The Morgan fingerprint density at radius 3 is 2.68 bits per heavy atom. The molecule has 0 saturated heterocycles. The van der Waals surface area contributed by atoms with Gasteiger partial charge in [0.2, 0.25) is 5.91 Å². The molecule has 1 aliphatic rings. The second-order valence-corrected chi connectivity index (χ2v) is 8.42. The summed E-state index contributed by atoms with van der Waals surface area (Å²) in [6, 6.07) is 7.20. The van der Waals surface area contributed by atoms with E-state index < -0.39 is 11.9 Å². The molecule has 0 bridgehead atoms. The molecule has 1 atom stereocenters. The molecule has 2 aromatic heterocycles. The molecule has 1 aliphatic heterocycles. The van der Waals surface area contributed by atoms with Crippen LogP contribution in [0.5, 0.6) is 0 Å². The molecule has 1 amide bonds. The van der Waals surface area contributed by atoms with Gasteiger partial charge in [-0.3, -0.25) is 19.6 Å². The number of rotatable bonds is 3. The Balaban J connectivity index is 1.93. The van der Waals surface area contributed by atoms with E-state index in [0.717, 1.165) is 38.8 Å². The van der Waals surface area contributed by atoms with Gasteiger partial charge in [-0.15, -0.1) is 21.5 Å². The maximum absolute atomic E-state index is 12.0. The van der Waals surface area contributed by atoms with Crippen LogP contribution >= 0.6 is 11.3 Å². The monoisotopic (exact) mass is 434 g/mol. The Kier molecular flexibility index (Phi) is 5.69. The summed E-state index contributed by atoms with van der Waals surface area (Å²) in [6.07, 6.45) is -0.0504. The highest BCUT2D eigenvalue weighted by Crippen LogP contribution is 2.39. The summed E-state index contributed by atoms with van der Waals surface area (Å²) >= 11 is 1.65. The van der Waals surface area contributed by atoms with Crippen LogP contribution in [-0.4, -0.2) is 38.1 Å². The minimum absolute atomic E-state index is 0.0504. The van der Waals surface area contributed by atoms with Crippen LogP contribution in [-0.2, 0) is 4.79 Å². The Morgan fingerprint density at radius 2 is 2.00 bits per heavy atom. The summed E-state index contributed by atoms with van der Waals surface area (Å²) in [5.74, 6) is 6.63. The van der Waals surface area contributed by atoms with E-state index in [0.29, 0.717) is 12.4 Å². The number of aromatic nitrogens is 3. The van der Waals surface area contributed by atoms with Crippen LogP contribution in [0.15, 0.2) is 29.3 Å². The summed E-state index contributed by atoms with van der Waals surface area (Å²) in [5, 5.41) is 18.6. The largest absolute Gasteiger partial charge is 0.320 e. The number of thiophene rings is 1. The molecule has 1 aromatic carbocycles. The van der Waals surface area contributed by atoms with Crippen LogP contribution in [0.2, 0.25) is 0 Å². The molecule has 8 nitrogen and oxygen atoms in total. The average molecular weight is 435 g/mol. The molecular weight excluding hydrogens is 412 g/mol. The van der Waals surface area contributed by atoms with Crippen molar-refractivity contribution in [1.82, 2.24) is 20.2 Å². The number of nitrogens with two attached hydrogens (primary N) is 1. The Morgan fingerprint density at radius 1 is 1.26 bits per heavy atom. The number of aliphatic imine (C=N–C) groups is 1. The van der Waals surface area contributed by atoms with Crippen LogP contribution in [0.4, 0.5) is 0 Å². The van der Waals surface area contributed by atoms with Crippen LogP contribution in [0.1, 0.15) is 51.2 Å². The second-order valence-electron chi connectivity index (χ2n) is 7.22. The number of carbonyl (C=O) groups is 1. The van der Waals surface area contributed by atoms with E-state index in [2.05, 4.69) is 35.9 Å². The summed E-state index contributed by atoms with van der Waals surface area (Å²) in [4.78, 5) is 18.2. The van der Waals surface area contributed by atoms with Crippen LogP contribution in [0.25, 0.3) is 5.00 Å². The standard InChI is InChI=1S/C22H22N6O2S/c1-12-13(2)31-22-19(12)20(16-8-6-15(7-9-16)5-4-10-23)24-17(11-18(29)27-30)21-26-25-14(3)28(21)22/h6-9,17,30H,10-11,23H2,1-3H3,(H,27,29)/t17-/m0/s1. The molecular formula is C22H22N6O2S. The fourth-order valence-electron chi connectivity index (χ4n) is 3.61. The van der Waals surface area contributed by atoms with Crippen molar-refractivity contribution in [2.45, 2.75) is 33.2 Å². The quantitative estimate of drug-likeness (QED) is 0.332. The van der Waals surface area contributed by atoms with Gasteiger partial charge in [0, 0.05) is 21.6 Å². The lowest BCUT2D eigenvalue weighted by atomic mass is 9.98. The van der Waals surface area contributed by atoms with Crippen LogP contribution < -0.4 is 11.2 Å². The van der Waals surface area contributed by atoms with Gasteiger partial charge in [-0.25, -0.2) is 5.48 Å². The van der Waals surface area contributed by atoms with Gasteiger partial charge < -0.3 is 5.73 Å². The van der Waals surface area contributed by atoms with Crippen LogP contribution in [0.3, 0.4) is 0 Å².